The van der Waals surface area contributed by atoms with Crippen molar-refractivity contribution in [1.82, 2.24) is 25.2 Å². The van der Waals surface area contributed by atoms with Gasteiger partial charge in [0.15, 0.2) is 5.76 Å². The maximum atomic E-state index is 13.1. The molecule has 10 heteroatoms. The van der Waals surface area contributed by atoms with E-state index in [0.717, 1.165) is 26.7 Å². The lowest BCUT2D eigenvalue weighted by molar-refractivity contribution is 0.0998. The molecule has 3 heterocycles. The molecule has 0 aliphatic heterocycles. The van der Waals surface area contributed by atoms with Gasteiger partial charge >= 0.3 is 0 Å². The van der Waals surface area contributed by atoms with E-state index in [4.69, 9.17) is 4.42 Å². The number of thiazole rings is 1. The second kappa shape index (κ2) is 8.32. The number of hydrogen-bond donors (Lipinski definition) is 1. The molecule has 0 atom stereocenters. The number of carbonyl (C=O) groups is 1. The molecule has 3 aromatic heterocycles. The first kappa shape index (κ1) is 19.5. The molecule has 0 radical (unpaired) electrons. The Balaban J connectivity index is 1.40. The van der Waals surface area contributed by atoms with Gasteiger partial charge < -0.3 is 9.73 Å². The van der Waals surface area contributed by atoms with Crippen LogP contribution in [-0.4, -0.2) is 31.1 Å². The minimum Gasteiger partial charge on any atom is -0.451 e. The number of nitrogens with one attached hydrogen (secondary N) is 1. The molecular weight excluding hydrogens is 432 g/mol. The third-order valence-electron chi connectivity index (χ3n) is 4.58. The number of benzene rings is 2. The summed E-state index contributed by atoms with van der Waals surface area (Å²) in [5, 5.41) is 17.0. The predicted molar refractivity (Wildman–Crippen MR) is 120 cm³/mol. The topological polar surface area (TPSA) is 98.7 Å². The van der Waals surface area contributed by atoms with Gasteiger partial charge in [-0.3, -0.25) is 4.79 Å². The third-order valence-corrected chi connectivity index (χ3v) is 6.75. The summed E-state index contributed by atoms with van der Waals surface area (Å²) < 4.78 is 8.44. The maximum Gasteiger partial charge on any atom is 0.291 e. The molecule has 0 spiro atoms. The first-order valence-electron chi connectivity index (χ1n) is 9.37. The zero-order valence-electron chi connectivity index (χ0n) is 16.3. The molecule has 0 fully saturated rings. The molecule has 5 aromatic rings. The quantitative estimate of drug-likeness (QED) is 0.375. The van der Waals surface area contributed by atoms with Crippen LogP contribution in [0.2, 0.25) is 0 Å². The van der Waals surface area contributed by atoms with E-state index in [2.05, 4.69) is 25.8 Å². The fourth-order valence-corrected chi connectivity index (χ4v) is 5.00. The smallest absolute Gasteiger partial charge is 0.291 e. The summed E-state index contributed by atoms with van der Waals surface area (Å²) in [6, 6.07) is 14.9. The first-order chi connectivity index (χ1) is 15.2. The highest BCUT2D eigenvalue weighted by Gasteiger charge is 2.21. The Hall–Kier alpha value is -3.50. The van der Waals surface area contributed by atoms with Gasteiger partial charge in [0.1, 0.15) is 16.2 Å². The number of tetrazole rings is 1. The lowest BCUT2D eigenvalue weighted by Crippen LogP contribution is -2.12. The minimum atomic E-state index is -0.294. The summed E-state index contributed by atoms with van der Waals surface area (Å²) >= 11 is 3.20. The molecule has 0 aliphatic carbocycles. The Morgan fingerprint density at radius 1 is 1.19 bits per heavy atom. The third kappa shape index (κ3) is 4.07. The summed E-state index contributed by atoms with van der Waals surface area (Å²) in [6.45, 7) is 1.97. The van der Waals surface area contributed by atoms with Crippen molar-refractivity contribution in [2.75, 3.05) is 5.32 Å². The number of fused-ring (bicyclic) bond motifs is 1. The SMILES string of the molecule is Cc1csc(SCc2c(C(=O)Nc3ccc(-n4cnnn4)cc3)oc3ccccc23)n1. The molecule has 0 aliphatic rings. The second-order valence-electron chi connectivity index (χ2n) is 6.70. The van der Waals surface area contributed by atoms with Gasteiger partial charge in [0.2, 0.25) is 0 Å². The Labute approximate surface area is 185 Å². The van der Waals surface area contributed by atoms with Gasteiger partial charge in [-0.2, -0.15) is 0 Å². The molecule has 31 heavy (non-hydrogen) atoms. The number of amides is 1. The van der Waals surface area contributed by atoms with Gasteiger partial charge in [-0.25, -0.2) is 9.67 Å². The molecule has 1 N–H and O–H groups in total. The van der Waals surface area contributed by atoms with Crippen molar-refractivity contribution in [2.45, 2.75) is 17.0 Å². The summed E-state index contributed by atoms with van der Waals surface area (Å²) in [4.78, 5) is 17.6. The van der Waals surface area contributed by atoms with E-state index in [9.17, 15) is 4.79 Å². The lowest BCUT2D eigenvalue weighted by Gasteiger charge is -2.06. The predicted octanol–water partition coefficient (Wildman–Crippen LogP) is 4.72. The van der Waals surface area contributed by atoms with Gasteiger partial charge in [0, 0.05) is 33.5 Å². The number of furan rings is 1. The van der Waals surface area contributed by atoms with Crippen LogP contribution in [0.1, 0.15) is 21.8 Å². The van der Waals surface area contributed by atoms with Gasteiger partial charge in [-0.1, -0.05) is 30.0 Å². The Kier molecular flexibility index (Phi) is 5.23. The summed E-state index contributed by atoms with van der Waals surface area (Å²) in [6.07, 6.45) is 1.51. The number of thioether (sulfide) groups is 1. The van der Waals surface area contributed by atoms with Gasteiger partial charge in [0.05, 0.1) is 5.69 Å². The van der Waals surface area contributed by atoms with Gasteiger partial charge in [0.25, 0.3) is 5.91 Å². The molecule has 0 saturated carbocycles. The maximum absolute atomic E-state index is 13.1. The van der Waals surface area contributed by atoms with Crippen LogP contribution in [-0.2, 0) is 5.75 Å². The number of para-hydroxylation sites is 1. The standard InChI is InChI=1S/C21H16N6O2S2/c1-13-10-30-21(23-13)31-11-17-16-4-2-3-5-18(16)29-19(17)20(28)24-14-6-8-15(9-7-14)27-12-22-25-26-27/h2-10,12H,11H2,1H3,(H,24,28). The Bertz CT molecular complexity index is 1340. The fraction of sp³-hybridized carbons (Fsp3) is 0.0952. The van der Waals surface area contributed by atoms with E-state index in [1.807, 2.05) is 48.7 Å². The summed E-state index contributed by atoms with van der Waals surface area (Å²) in [5.74, 6) is 0.606. The Morgan fingerprint density at radius 3 is 2.77 bits per heavy atom. The van der Waals surface area contributed by atoms with Crippen molar-refractivity contribution in [3.63, 3.8) is 0 Å². The monoisotopic (exact) mass is 448 g/mol. The van der Waals surface area contributed by atoms with E-state index in [-0.39, 0.29) is 5.91 Å². The van der Waals surface area contributed by atoms with Crippen molar-refractivity contribution >= 4 is 45.7 Å². The van der Waals surface area contributed by atoms with Crippen molar-refractivity contribution in [3.8, 4) is 5.69 Å². The van der Waals surface area contributed by atoms with Crippen LogP contribution >= 0.6 is 23.1 Å². The van der Waals surface area contributed by atoms with Crippen LogP contribution in [0.3, 0.4) is 0 Å². The number of aromatic nitrogens is 5. The van der Waals surface area contributed by atoms with Crippen LogP contribution in [0.15, 0.2) is 69.0 Å². The first-order valence-corrected chi connectivity index (χ1v) is 11.2. The lowest BCUT2D eigenvalue weighted by atomic mass is 10.1. The highest BCUT2D eigenvalue weighted by atomic mass is 32.2. The molecule has 0 saturated heterocycles. The van der Waals surface area contributed by atoms with Crippen LogP contribution in [0.4, 0.5) is 5.69 Å². The zero-order valence-corrected chi connectivity index (χ0v) is 18.0. The average Bonchev–Trinajstić information content (AvgIpc) is 3.53. The van der Waals surface area contributed by atoms with E-state index >= 15 is 0 Å². The molecule has 2 aromatic carbocycles. The minimum absolute atomic E-state index is 0.294. The van der Waals surface area contributed by atoms with Gasteiger partial charge in [-0.15, -0.1) is 16.4 Å². The second-order valence-corrected chi connectivity index (χ2v) is 8.79. The van der Waals surface area contributed by atoms with Crippen LogP contribution in [0.25, 0.3) is 16.7 Å². The van der Waals surface area contributed by atoms with E-state index in [1.165, 1.54) is 6.33 Å². The number of nitrogens with zero attached hydrogens (tertiary/aromatic N) is 5. The zero-order chi connectivity index (χ0) is 21.2. The molecule has 0 bridgehead atoms. The van der Waals surface area contributed by atoms with Crippen molar-refractivity contribution in [2.24, 2.45) is 0 Å². The van der Waals surface area contributed by atoms with Crippen molar-refractivity contribution in [3.05, 3.63) is 77.3 Å². The van der Waals surface area contributed by atoms with Crippen molar-refractivity contribution < 1.29 is 9.21 Å². The average molecular weight is 449 g/mol. The van der Waals surface area contributed by atoms with E-state index < -0.39 is 0 Å². The highest BCUT2D eigenvalue weighted by molar-refractivity contribution is 8.00. The molecule has 1 amide bonds. The highest BCUT2D eigenvalue weighted by Crippen LogP contribution is 2.33. The fourth-order valence-electron chi connectivity index (χ4n) is 3.12. The normalized spacial score (nSPS) is 11.1. The molecule has 8 nitrogen and oxygen atoms in total. The van der Waals surface area contributed by atoms with Crippen molar-refractivity contribution in [1.29, 1.82) is 0 Å². The number of rotatable bonds is 6. The largest absolute Gasteiger partial charge is 0.451 e. The molecule has 0 unspecified atom stereocenters. The molecular formula is C21H16N6O2S2. The number of aryl methyl sites for hydroxylation is 1. The number of carbonyl (C=O) groups excluding carboxylic acids is 1. The number of anilines is 1. The van der Waals surface area contributed by atoms with Crippen LogP contribution in [0.5, 0.6) is 0 Å². The van der Waals surface area contributed by atoms with E-state index in [1.54, 1.807) is 39.9 Å². The molecule has 154 valence electrons. The summed E-state index contributed by atoms with van der Waals surface area (Å²) in [5.41, 5.74) is 3.98. The summed E-state index contributed by atoms with van der Waals surface area (Å²) in [7, 11) is 0. The van der Waals surface area contributed by atoms with Crippen LogP contribution in [0, 0.1) is 6.92 Å². The van der Waals surface area contributed by atoms with E-state index in [0.29, 0.717) is 22.8 Å². The van der Waals surface area contributed by atoms with Gasteiger partial charge in [-0.05, 0) is 47.7 Å². The number of hydrogen-bond acceptors (Lipinski definition) is 8. The molecule has 5 rings (SSSR count). The Morgan fingerprint density at radius 2 is 2.03 bits per heavy atom. The van der Waals surface area contributed by atoms with Crippen LogP contribution < -0.4 is 5.32 Å².